The summed E-state index contributed by atoms with van der Waals surface area (Å²) < 4.78 is 24.7. The van der Waals surface area contributed by atoms with Gasteiger partial charge >= 0.3 is 0 Å². The van der Waals surface area contributed by atoms with E-state index in [1.54, 1.807) is 26.0 Å². The fraction of sp³-hybridized carbons (Fsp3) is 0.562. The van der Waals surface area contributed by atoms with E-state index in [1.807, 2.05) is 13.8 Å². The zero-order valence-electron chi connectivity index (χ0n) is 13.7. The zero-order chi connectivity index (χ0) is 17.0. The normalized spacial score (nSPS) is 12.5. The van der Waals surface area contributed by atoms with Crippen LogP contribution in [0, 0.1) is 0 Å². The molecule has 0 aliphatic rings. The van der Waals surface area contributed by atoms with E-state index >= 15 is 0 Å². The van der Waals surface area contributed by atoms with Crippen molar-refractivity contribution >= 4 is 15.7 Å². The summed E-state index contributed by atoms with van der Waals surface area (Å²) >= 11 is 0. The maximum atomic E-state index is 12.4. The number of sulfone groups is 1. The molecule has 3 N–H and O–H groups in total. The molecule has 0 saturated carbocycles. The smallest absolute Gasteiger partial charge is 0.252 e. The molecule has 1 rings (SSSR count). The number of nitrogens with two attached hydrogens (primary N) is 1. The highest BCUT2D eigenvalue weighted by atomic mass is 32.2. The minimum absolute atomic E-state index is 0.0677. The van der Waals surface area contributed by atoms with Crippen LogP contribution in [0.5, 0.6) is 0 Å². The van der Waals surface area contributed by atoms with Crippen LogP contribution < -0.4 is 11.1 Å². The molecule has 0 unspecified atom stereocenters. The second kappa shape index (κ2) is 7.24. The topological polar surface area (TPSA) is 89.3 Å². The van der Waals surface area contributed by atoms with E-state index in [0.717, 1.165) is 12.8 Å². The van der Waals surface area contributed by atoms with Gasteiger partial charge in [-0.2, -0.15) is 0 Å². The van der Waals surface area contributed by atoms with Crippen molar-refractivity contribution in [2.24, 2.45) is 5.73 Å². The highest BCUT2D eigenvalue weighted by molar-refractivity contribution is 7.92. The number of carbonyl (C=O) groups is 1. The lowest BCUT2D eigenvalue weighted by atomic mass is 9.94. The lowest BCUT2D eigenvalue weighted by molar-refractivity contribution is 0.0939. The van der Waals surface area contributed by atoms with Gasteiger partial charge in [0.05, 0.1) is 15.7 Å². The molecule has 0 aromatic heterocycles. The predicted octanol–water partition coefficient (Wildman–Crippen LogP) is 2.12. The molecular formula is C16H26N2O3S. The highest BCUT2D eigenvalue weighted by Crippen LogP contribution is 2.20. The molecule has 22 heavy (non-hydrogen) atoms. The van der Waals surface area contributed by atoms with Crippen molar-refractivity contribution in [3.63, 3.8) is 0 Å². The first-order valence-electron chi connectivity index (χ1n) is 7.58. The Hall–Kier alpha value is -1.40. The molecule has 0 heterocycles. The third-order valence-electron chi connectivity index (χ3n) is 4.07. The Morgan fingerprint density at radius 2 is 1.77 bits per heavy atom. The molecule has 0 aliphatic heterocycles. The summed E-state index contributed by atoms with van der Waals surface area (Å²) in [5.41, 5.74) is 5.86. The fourth-order valence-electron chi connectivity index (χ4n) is 2.01. The SMILES string of the molecule is CCC(N)(CC)CNC(=O)c1ccccc1S(=O)(=O)C(C)C. The van der Waals surface area contributed by atoms with E-state index in [0.29, 0.717) is 6.54 Å². The molecule has 0 bridgehead atoms. The lowest BCUT2D eigenvalue weighted by Gasteiger charge is -2.27. The summed E-state index contributed by atoms with van der Waals surface area (Å²) in [6.07, 6.45) is 1.46. The second-order valence-corrected chi connectivity index (χ2v) is 8.31. The molecule has 5 nitrogen and oxygen atoms in total. The van der Waals surface area contributed by atoms with Crippen molar-refractivity contribution in [2.75, 3.05) is 6.54 Å². The van der Waals surface area contributed by atoms with Crippen molar-refractivity contribution in [1.29, 1.82) is 0 Å². The number of hydrogen-bond donors (Lipinski definition) is 2. The first-order valence-corrected chi connectivity index (χ1v) is 9.12. The first-order chi connectivity index (χ1) is 10.2. The van der Waals surface area contributed by atoms with Gasteiger partial charge in [-0.1, -0.05) is 26.0 Å². The lowest BCUT2D eigenvalue weighted by Crippen LogP contribution is -2.49. The van der Waals surface area contributed by atoms with Crippen LogP contribution in [0.4, 0.5) is 0 Å². The molecule has 0 atom stereocenters. The highest BCUT2D eigenvalue weighted by Gasteiger charge is 2.26. The van der Waals surface area contributed by atoms with Crippen molar-refractivity contribution in [3.8, 4) is 0 Å². The molecule has 6 heteroatoms. The quantitative estimate of drug-likeness (QED) is 0.803. The molecule has 0 aliphatic carbocycles. The average molecular weight is 326 g/mol. The summed E-state index contributed by atoms with van der Waals surface area (Å²) in [5.74, 6) is -0.406. The standard InChI is InChI=1S/C16H26N2O3S/c1-5-16(17,6-2)11-18-15(19)13-9-7-8-10-14(13)22(20,21)12(3)4/h7-10,12H,5-6,11,17H2,1-4H3,(H,18,19). The summed E-state index contributed by atoms with van der Waals surface area (Å²) in [4.78, 5) is 12.4. The largest absolute Gasteiger partial charge is 0.350 e. The summed E-state index contributed by atoms with van der Waals surface area (Å²) in [6.45, 7) is 7.45. The Morgan fingerprint density at radius 1 is 1.23 bits per heavy atom. The first kappa shape index (κ1) is 18.6. The van der Waals surface area contributed by atoms with Gasteiger partial charge in [0.1, 0.15) is 0 Å². The van der Waals surface area contributed by atoms with Crippen molar-refractivity contribution in [3.05, 3.63) is 29.8 Å². The maximum Gasteiger partial charge on any atom is 0.252 e. The third kappa shape index (κ3) is 4.08. The molecular weight excluding hydrogens is 300 g/mol. The number of rotatable bonds is 7. The molecule has 1 aromatic carbocycles. The van der Waals surface area contributed by atoms with E-state index in [4.69, 9.17) is 5.73 Å². The molecule has 0 saturated heterocycles. The number of hydrogen-bond acceptors (Lipinski definition) is 4. The van der Waals surface area contributed by atoms with Crippen LogP contribution in [0.3, 0.4) is 0 Å². The van der Waals surface area contributed by atoms with E-state index in [2.05, 4.69) is 5.32 Å². The van der Waals surface area contributed by atoms with Gasteiger partial charge in [0.2, 0.25) is 0 Å². The van der Waals surface area contributed by atoms with E-state index in [-0.39, 0.29) is 10.5 Å². The van der Waals surface area contributed by atoms with Gasteiger partial charge in [0, 0.05) is 12.1 Å². The van der Waals surface area contributed by atoms with Crippen LogP contribution >= 0.6 is 0 Å². The summed E-state index contributed by atoms with van der Waals surface area (Å²) in [5, 5.41) is 2.18. The molecule has 1 amide bonds. The maximum absolute atomic E-state index is 12.4. The number of amides is 1. The van der Waals surface area contributed by atoms with Crippen LogP contribution in [-0.4, -0.2) is 31.7 Å². The Balaban J connectivity index is 3.06. The Bertz CT molecular complexity index is 620. The van der Waals surface area contributed by atoms with Crippen LogP contribution in [-0.2, 0) is 9.84 Å². The molecule has 0 fully saturated rings. The van der Waals surface area contributed by atoms with Crippen LogP contribution in [0.2, 0.25) is 0 Å². The Morgan fingerprint density at radius 3 is 2.27 bits per heavy atom. The van der Waals surface area contributed by atoms with Crippen LogP contribution in [0.25, 0.3) is 0 Å². The molecule has 124 valence electrons. The predicted molar refractivity (Wildman–Crippen MR) is 88.6 cm³/mol. The van der Waals surface area contributed by atoms with Gasteiger partial charge in [-0.05, 0) is 38.8 Å². The van der Waals surface area contributed by atoms with Gasteiger partial charge < -0.3 is 11.1 Å². The Kier molecular flexibility index (Phi) is 6.14. The fourth-order valence-corrected chi connectivity index (χ4v) is 3.25. The van der Waals surface area contributed by atoms with Gasteiger partial charge in [0.25, 0.3) is 5.91 Å². The molecule has 1 aromatic rings. The number of nitrogens with one attached hydrogen (secondary N) is 1. The third-order valence-corrected chi connectivity index (χ3v) is 6.28. The van der Waals surface area contributed by atoms with Crippen molar-refractivity contribution < 1.29 is 13.2 Å². The van der Waals surface area contributed by atoms with E-state index < -0.39 is 26.5 Å². The second-order valence-electron chi connectivity index (χ2n) is 5.84. The molecule has 0 spiro atoms. The van der Waals surface area contributed by atoms with E-state index in [9.17, 15) is 13.2 Å². The number of benzene rings is 1. The monoisotopic (exact) mass is 326 g/mol. The van der Waals surface area contributed by atoms with Crippen molar-refractivity contribution in [1.82, 2.24) is 5.32 Å². The average Bonchev–Trinajstić information content (AvgIpc) is 2.52. The van der Waals surface area contributed by atoms with Gasteiger partial charge in [-0.15, -0.1) is 0 Å². The zero-order valence-corrected chi connectivity index (χ0v) is 14.5. The van der Waals surface area contributed by atoms with Gasteiger partial charge in [0.15, 0.2) is 9.84 Å². The summed E-state index contributed by atoms with van der Waals surface area (Å²) in [6, 6.07) is 6.28. The van der Waals surface area contributed by atoms with Gasteiger partial charge in [-0.25, -0.2) is 8.42 Å². The van der Waals surface area contributed by atoms with Gasteiger partial charge in [-0.3, -0.25) is 4.79 Å². The minimum Gasteiger partial charge on any atom is -0.350 e. The number of carbonyl (C=O) groups excluding carboxylic acids is 1. The van der Waals surface area contributed by atoms with E-state index in [1.165, 1.54) is 12.1 Å². The van der Waals surface area contributed by atoms with Crippen LogP contribution in [0.15, 0.2) is 29.2 Å². The van der Waals surface area contributed by atoms with Crippen molar-refractivity contribution in [2.45, 2.75) is 56.2 Å². The van der Waals surface area contributed by atoms with Crippen LogP contribution in [0.1, 0.15) is 50.9 Å². The molecule has 0 radical (unpaired) electrons. The summed E-state index contributed by atoms with van der Waals surface area (Å²) in [7, 11) is -3.51. The Labute approximate surface area is 133 Å². The minimum atomic E-state index is -3.51.